The van der Waals surface area contributed by atoms with Crippen molar-refractivity contribution in [1.82, 2.24) is 0 Å². The lowest BCUT2D eigenvalue weighted by molar-refractivity contribution is 0.0685. The second kappa shape index (κ2) is 16.4. The van der Waals surface area contributed by atoms with Crippen molar-refractivity contribution < 1.29 is 18.9 Å². The van der Waals surface area contributed by atoms with E-state index in [4.69, 9.17) is 18.9 Å². The third-order valence-electron chi connectivity index (χ3n) is 4.19. The number of hydrogen-bond acceptors (Lipinski definition) is 4. The van der Waals surface area contributed by atoms with Crippen molar-refractivity contribution in [3.63, 3.8) is 0 Å². The highest BCUT2D eigenvalue weighted by Crippen LogP contribution is 2.12. The summed E-state index contributed by atoms with van der Waals surface area (Å²) in [7, 11) is 3.39. The topological polar surface area (TPSA) is 36.9 Å². The lowest BCUT2D eigenvalue weighted by atomic mass is 10.1. The zero-order valence-corrected chi connectivity index (χ0v) is 16.1. The van der Waals surface area contributed by atoms with Crippen LogP contribution in [0.15, 0.2) is 24.3 Å². The fourth-order valence-corrected chi connectivity index (χ4v) is 2.63. The lowest BCUT2D eigenvalue weighted by Crippen LogP contribution is -2.02. The molecule has 0 heterocycles. The Balaban J connectivity index is 1.78. The van der Waals surface area contributed by atoms with E-state index in [2.05, 4.69) is 12.1 Å². The molecular formula is C21H36O4. The third kappa shape index (κ3) is 12.9. The van der Waals surface area contributed by atoms with Crippen molar-refractivity contribution in [2.24, 2.45) is 0 Å². The van der Waals surface area contributed by atoms with Gasteiger partial charge in [0.05, 0.1) is 26.9 Å². The van der Waals surface area contributed by atoms with Crippen molar-refractivity contribution in [1.29, 1.82) is 0 Å². The Kier molecular flexibility index (Phi) is 14.4. The van der Waals surface area contributed by atoms with Crippen LogP contribution < -0.4 is 4.74 Å². The highest BCUT2D eigenvalue weighted by atomic mass is 16.5. The fraction of sp³-hybridized carbons (Fsp3) is 0.714. The van der Waals surface area contributed by atoms with Crippen molar-refractivity contribution in [3.05, 3.63) is 29.8 Å². The molecule has 0 aliphatic carbocycles. The molecular weight excluding hydrogens is 316 g/mol. The Hall–Kier alpha value is -1.10. The van der Waals surface area contributed by atoms with Crippen molar-refractivity contribution in [2.75, 3.05) is 40.6 Å². The summed E-state index contributed by atoms with van der Waals surface area (Å²) in [5.41, 5.74) is 1.20. The van der Waals surface area contributed by atoms with Crippen LogP contribution in [0.3, 0.4) is 0 Å². The predicted molar refractivity (Wildman–Crippen MR) is 102 cm³/mol. The van der Waals surface area contributed by atoms with Crippen LogP contribution in [0.4, 0.5) is 0 Å². The molecule has 1 aromatic carbocycles. The van der Waals surface area contributed by atoms with Crippen molar-refractivity contribution in [2.45, 2.75) is 58.0 Å². The molecule has 4 nitrogen and oxygen atoms in total. The fourth-order valence-electron chi connectivity index (χ4n) is 2.63. The average molecular weight is 353 g/mol. The van der Waals surface area contributed by atoms with E-state index >= 15 is 0 Å². The van der Waals surface area contributed by atoms with Crippen LogP contribution in [-0.4, -0.2) is 40.6 Å². The van der Waals surface area contributed by atoms with Crippen LogP contribution in [0.25, 0.3) is 0 Å². The number of ether oxygens (including phenoxy) is 4. The summed E-state index contributed by atoms with van der Waals surface area (Å²) in [6.45, 7) is 3.83. The summed E-state index contributed by atoms with van der Waals surface area (Å²) < 4.78 is 21.3. The first-order chi connectivity index (χ1) is 12.4. The first-order valence-electron chi connectivity index (χ1n) is 9.64. The third-order valence-corrected chi connectivity index (χ3v) is 4.19. The van der Waals surface area contributed by atoms with Crippen LogP contribution >= 0.6 is 0 Å². The Bertz CT molecular complexity index is 391. The minimum Gasteiger partial charge on any atom is -0.497 e. The predicted octanol–water partition coefficient (Wildman–Crippen LogP) is 5.00. The van der Waals surface area contributed by atoms with Crippen LogP contribution in [0.5, 0.6) is 5.75 Å². The molecule has 1 aromatic rings. The van der Waals surface area contributed by atoms with E-state index in [1.54, 1.807) is 14.2 Å². The van der Waals surface area contributed by atoms with Gasteiger partial charge in [-0.05, 0) is 30.5 Å². The monoisotopic (exact) mass is 352 g/mol. The number of methoxy groups -OCH3 is 2. The largest absolute Gasteiger partial charge is 0.497 e. The second-order valence-corrected chi connectivity index (χ2v) is 6.33. The first-order valence-corrected chi connectivity index (χ1v) is 9.64. The molecule has 4 heteroatoms. The Morgan fingerprint density at radius 2 is 1.16 bits per heavy atom. The van der Waals surface area contributed by atoms with Crippen LogP contribution in [0.1, 0.15) is 56.9 Å². The highest BCUT2D eigenvalue weighted by Gasteiger charge is 1.96. The van der Waals surface area contributed by atoms with Gasteiger partial charge in [0.2, 0.25) is 0 Å². The van der Waals surface area contributed by atoms with Gasteiger partial charge in [0, 0.05) is 20.3 Å². The van der Waals surface area contributed by atoms with E-state index in [9.17, 15) is 0 Å². The van der Waals surface area contributed by atoms with E-state index in [0.717, 1.165) is 32.0 Å². The van der Waals surface area contributed by atoms with E-state index < -0.39 is 0 Å². The van der Waals surface area contributed by atoms with Gasteiger partial charge in [0.15, 0.2) is 0 Å². The van der Waals surface area contributed by atoms with Crippen LogP contribution in [0.2, 0.25) is 0 Å². The second-order valence-electron chi connectivity index (χ2n) is 6.33. The molecule has 0 bridgehead atoms. The molecule has 0 saturated carbocycles. The minimum atomic E-state index is 0.691. The zero-order chi connectivity index (χ0) is 18.0. The van der Waals surface area contributed by atoms with E-state index in [0.29, 0.717) is 13.2 Å². The van der Waals surface area contributed by atoms with Gasteiger partial charge in [-0.1, -0.05) is 50.7 Å². The van der Waals surface area contributed by atoms with Gasteiger partial charge < -0.3 is 18.9 Å². The normalized spacial score (nSPS) is 11.0. The molecule has 0 fully saturated rings. The minimum absolute atomic E-state index is 0.691. The summed E-state index contributed by atoms with van der Waals surface area (Å²) in [5.74, 6) is 0.891. The molecule has 0 aliphatic rings. The summed E-state index contributed by atoms with van der Waals surface area (Å²) in [4.78, 5) is 0. The van der Waals surface area contributed by atoms with E-state index in [1.165, 1.54) is 50.5 Å². The van der Waals surface area contributed by atoms with Gasteiger partial charge in [-0.2, -0.15) is 0 Å². The lowest BCUT2D eigenvalue weighted by Gasteiger charge is -2.06. The van der Waals surface area contributed by atoms with Gasteiger partial charge in [-0.25, -0.2) is 0 Å². The molecule has 1 rings (SSSR count). The SMILES string of the molecule is COCCOCCCCCCCCCCOCc1ccc(OC)cc1. The molecule has 0 spiro atoms. The molecule has 0 aromatic heterocycles. The Labute approximate surface area is 153 Å². The van der Waals surface area contributed by atoms with Gasteiger partial charge in [0.1, 0.15) is 5.75 Å². The summed E-state index contributed by atoms with van der Waals surface area (Å²) in [6, 6.07) is 8.07. The Morgan fingerprint density at radius 1 is 0.600 bits per heavy atom. The molecule has 0 amide bonds. The zero-order valence-electron chi connectivity index (χ0n) is 16.1. The quantitative estimate of drug-likeness (QED) is 0.370. The maximum absolute atomic E-state index is 5.73. The average Bonchev–Trinajstić information content (AvgIpc) is 2.65. The molecule has 25 heavy (non-hydrogen) atoms. The number of benzene rings is 1. The molecule has 0 unspecified atom stereocenters. The number of hydrogen-bond donors (Lipinski definition) is 0. The smallest absolute Gasteiger partial charge is 0.118 e. The highest BCUT2D eigenvalue weighted by molar-refractivity contribution is 5.26. The summed E-state index contributed by atoms with van der Waals surface area (Å²) in [5, 5.41) is 0. The van der Waals surface area contributed by atoms with Crippen LogP contribution in [-0.2, 0) is 20.8 Å². The molecule has 0 saturated heterocycles. The van der Waals surface area contributed by atoms with E-state index in [-0.39, 0.29) is 0 Å². The summed E-state index contributed by atoms with van der Waals surface area (Å²) >= 11 is 0. The van der Waals surface area contributed by atoms with Gasteiger partial charge in [0.25, 0.3) is 0 Å². The van der Waals surface area contributed by atoms with Crippen molar-refractivity contribution >= 4 is 0 Å². The van der Waals surface area contributed by atoms with Gasteiger partial charge >= 0.3 is 0 Å². The molecule has 0 aliphatic heterocycles. The van der Waals surface area contributed by atoms with Crippen LogP contribution in [0, 0.1) is 0 Å². The molecule has 0 radical (unpaired) electrons. The van der Waals surface area contributed by atoms with Crippen molar-refractivity contribution in [3.8, 4) is 5.75 Å². The summed E-state index contributed by atoms with van der Waals surface area (Å²) in [6.07, 6.45) is 10.2. The maximum Gasteiger partial charge on any atom is 0.118 e. The Morgan fingerprint density at radius 3 is 1.72 bits per heavy atom. The van der Waals surface area contributed by atoms with Gasteiger partial charge in [-0.3, -0.25) is 0 Å². The maximum atomic E-state index is 5.73. The van der Waals surface area contributed by atoms with E-state index in [1.807, 2.05) is 12.1 Å². The molecule has 0 N–H and O–H groups in total. The standard InChI is InChI=1S/C21H36O4/c1-22-17-18-24-15-9-7-5-3-4-6-8-10-16-25-19-20-11-13-21(23-2)14-12-20/h11-14H,3-10,15-19H2,1-2H3. The molecule has 0 atom stereocenters. The first kappa shape index (κ1) is 21.9. The van der Waals surface area contributed by atoms with Gasteiger partial charge in [-0.15, -0.1) is 0 Å². The number of rotatable bonds is 17. The number of unbranched alkanes of at least 4 members (excludes halogenated alkanes) is 7. The molecule has 144 valence electrons.